The van der Waals surface area contributed by atoms with Crippen LogP contribution >= 0.6 is 11.3 Å². The van der Waals surface area contributed by atoms with Gasteiger partial charge in [0.15, 0.2) is 0 Å². The Morgan fingerprint density at radius 3 is 2.89 bits per heavy atom. The monoisotopic (exact) mass is 271 g/mol. The quantitative estimate of drug-likeness (QED) is 0.793. The van der Waals surface area contributed by atoms with Gasteiger partial charge in [-0.1, -0.05) is 0 Å². The molecular formula is C14H13N3OS. The van der Waals surface area contributed by atoms with Crippen LogP contribution in [0.5, 0.6) is 5.75 Å². The van der Waals surface area contributed by atoms with E-state index in [0.29, 0.717) is 12.3 Å². The van der Waals surface area contributed by atoms with E-state index in [1.54, 1.807) is 17.5 Å². The molecule has 0 fully saturated rings. The molecule has 96 valence electrons. The molecule has 4 nitrogen and oxygen atoms in total. The van der Waals surface area contributed by atoms with Gasteiger partial charge in [-0.2, -0.15) is 0 Å². The van der Waals surface area contributed by atoms with Crippen LogP contribution in [-0.4, -0.2) is 16.6 Å². The van der Waals surface area contributed by atoms with Gasteiger partial charge < -0.3 is 10.5 Å². The maximum absolute atomic E-state index is 5.64. The number of benzene rings is 1. The summed E-state index contributed by atoms with van der Waals surface area (Å²) in [5, 5.41) is 0.892. The molecule has 0 radical (unpaired) electrons. The number of nitrogen functional groups attached to an aromatic ring is 1. The average Bonchev–Trinajstić information content (AvgIpc) is 2.83. The first-order valence-electron chi connectivity index (χ1n) is 6.01. The fraction of sp³-hybridized carbons (Fsp3) is 0.143. The zero-order valence-electron chi connectivity index (χ0n) is 10.5. The number of aromatic nitrogens is 2. The van der Waals surface area contributed by atoms with E-state index in [1.807, 2.05) is 37.3 Å². The van der Waals surface area contributed by atoms with Crippen LogP contribution in [0.25, 0.3) is 20.9 Å². The Labute approximate surface area is 114 Å². The van der Waals surface area contributed by atoms with Crippen molar-refractivity contribution in [2.24, 2.45) is 0 Å². The van der Waals surface area contributed by atoms with Crippen molar-refractivity contribution >= 4 is 27.2 Å². The molecular weight excluding hydrogens is 258 g/mol. The van der Waals surface area contributed by atoms with Crippen LogP contribution in [-0.2, 0) is 0 Å². The summed E-state index contributed by atoms with van der Waals surface area (Å²) in [5.74, 6) is 0.871. The summed E-state index contributed by atoms with van der Waals surface area (Å²) in [6, 6.07) is 9.64. The smallest absolute Gasteiger partial charge is 0.143 e. The first kappa shape index (κ1) is 11.9. The molecule has 19 heavy (non-hydrogen) atoms. The number of anilines is 1. The molecule has 2 aromatic heterocycles. The SMILES string of the molecule is CCOc1ccc2nc(-c3ccc(N)cn3)sc2c1. The molecule has 5 heteroatoms. The number of nitrogens with zero attached hydrogens (tertiary/aromatic N) is 2. The standard InChI is InChI=1S/C14H13N3OS/c1-2-18-10-4-6-11-13(7-10)19-14(17-11)12-5-3-9(15)8-16-12/h3-8H,2,15H2,1H3. The summed E-state index contributed by atoms with van der Waals surface area (Å²) in [6.07, 6.45) is 1.65. The van der Waals surface area contributed by atoms with Crippen molar-refractivity contribution in [3.63, 3.8) is 0 Å². The zero-order valence-corrected chi connectivity index (χ0v) is 11.3. The Kier molecular flexibility index (Phi) is 3.05. The molecule has 0 saturated carbocycles. The predicted molar refractivity (Wildman–Crippen MR) is 78.4 cm³/mol. The van der Waals surface area contributed by atoms with Crippen molar-refractivity contribution in [3.05, 3.63) is 36.5 Å². The van der Waals surface area contributed by atoms with Gasteiger partial charge in [-0.05, 0) is 37.3 Å². The minimum atomic E-state index is 0.656. The van der Waals surface area contributed by atoms with E-state index in [9.17, 15) is 0 Å². The van der Waals surface area contributed by atoms with E-state index in [-0.39, 0.29) is 0 Å². The van der Waals surface area contributed by atoms with Gasteiger partial charge in [0.05, 0.1) is 34.4 Å². The van der Waals surface area contributed by atoms with Gasteiger partial charge in [0, 0.05) is 0 Å². The lowest BCUT2D eigenvalue weighted by Crippen LogP contribution is -1.89. The molecule has 1 aromatic carbocycles. The van der Waals surface area contributed by atoms with E-state index in [1.165, 1.54) is 0 Å². The van der Waals surface area contributed by atoms with Crippen molar-refractivity contribution < 1.29 is 4.74 Å². The van der Waals surface area contributed by atoms with E-state index in [4.69, 9.17) is 10.5 Å². The van der Waals surface area contributed by atoms with Crippen molar-refractivity contribution in [2.45, 2.75) is 6.92 Å². The summed E-state index contributed by atoms with van der Waals surface area (Å²) < 4.78 is 6.59. The van der Waals surface area contributed by atoms with E-state index < -0.39 is 0 Å². The normalized spacial score (nSPS) is 10.8. The molecule has 0 aliphatic rings. The summed E-state index contributed by atoms with van der Waals surface area (Å²) in [5.41, 5.74) is 8.09. The van der Waals surface area contributed by atoms with Gasteiger partial charge in [-0.25, -0.2) is 4.98 Å². The first-order chi connectivity index (χ1) is 9.26. The highest BCUT2D eigenvalue weighted by atomic mass is 32.1. The minimum Gasteiger partial charge on any atom is -0.494 e. The number of nitrogens with two attached hydrogens (primary N) is 1. The second kappa shape index (κ2) is 4.85. The Bertz CT molecular complexity index is 706. The van der Waals surface area contributed by atoms with Gasteiger partial charge in [0.25, 0.3) is 0 Å². The van der Waals surface area contributed by atoms with E-state index >= 15 is 0 Å². The Morgan fingerprint density at radius 2 is 2.16 bits per heavy atom. The predicted octanol–water partition coefficient (Wildman–Crippen LogP) is 3.34. The van der Waals surface area contributed by atoms with Crippen LogP contribution in [0.1, 0.15) is 6.92 Å². The number of rotatable bonds is 3. The number of pyridine rings is 1. The summed E-state index contributed by atoms with van der Waals surface area (Å²) >= 11 is 1.60. The Balaban J connectivity index is 2.03. The number of ether oxygens (including phenoxy) is 1. The minimum absolute atomic E-state index is 0.656. The van der Waals surface area contributed by atoms with Crippen LogP contribution in [0.2, 0.25) is 0 Å². The Morgan fingerprint density at radius 1 is 1.26 bits per heavy atom. The maximum atomic E-state index is 5.64. The van der Waals surface area contributed by atoms with Gasteiger partial charge in [0.2, 0.25) is 0 Å². The topological polar surface area (TPSA) is 61.0 Å². The third kappa shape index (κ3) is 2.37. The maximum Gasteiger partial charge on any atom is 0.143 e. The van der Waals surface area contributed by atoms with Crippen LogP contribution in [0.15, 0.2) is 36.5 Å². The molecule has 0 aliphatic carbocycles. The molecule has 2 heterocycles. The number of hydrogen-bond acceptors (Lipinski definition) is 5. The lowest BCUT2D eigenvalue weighted by atomic mass is 10.3. The summed E-state index contributed by atoms with van der Waals surface area (Å²) in [6.45, 7) is 2.64. The molecule has 2 N–H and O–H groups in total. The number of thiazole rings is 1. The highest BCUT2D eigenvalue weighted by Crippen LogP contribution is 2.31. The third-order valence-electron chi connectivity index (χ3n) is 2.68. The molecule has 3 rings (SSSR count). The average molecular weight is 271 g/mol. The first-order valence-corrected chi connectivity index (χ1v) is 6.83. The molecule has 0 unspecified atom stereocenters. The number of fused-ring (bicyclic) bond motifs is 1. The Hall–Kier alpha value is -2.14. The van der Waals surface area contributed by atoms with E-state index in [2.05, 4.69) is 9.97 Å². The van der Waals surface area contributed by atoms with Gasteiger partial charge in [0.1, 0.15) is 10.8 Å². The zero-order chi connectivity index (χ0) is 13.2. The second-order valence-corrected chi connectivity index (χ2v) is 5.09. The fourth-order valence-electron chi connectivity index (χ4n) is 1.80. The second-order valence-electron chi connectivity index (χ2n) is 4.06. The molecule has 0 amide bonds. The third-order valence-corrected chi connectivity index (χ3v) is 3.72. The van der Waals surface area contributed by atoms with Crippen molar-refractivity contribution in [3.8, 4) is 16.5 Å². The lowest BCUT2D eigenvalue weighted by Gasteiger charge is -2.00. The molecule has 0 atom stereocenters. The van der Waals surface area contributed by atoms with Gasteiger partial charge in [-0.3, -0.25) is 4.98 Å². The summed E-state index contributed by atoms with van der Waals surface area (Å²) in [4.78, 5) is 8.87. The lowest BCUT2D eigenvalue weighted by molar-refractivity contribution is 0.341. The van der Waals surface area contributed by atoms with Gasteiger partial charge in [-0.15, -0.1) is 11.3 Å². The highest BCUT2D eigenvalue weighted by molar-refractivity contribution is 7.21. The van der Waals surface area contributed by atoms with Crippen molar-refractivity contribution in [1.29, 1.82) is 0 Å². The van der Waals surface area contributed by atoms with Crippen molar-refractivity contribution in [1.82, 2.24) is 9.97 Å². The largest absolute Gasteiger partial charge is 0.494 e. The fourth-order valence-corrected chi connectivity index (χ4v) is 2.77. The molecule has 3 aromatic rings. The van der Waals surface area contributed by atoms with Crippen LogP contribution in [0, 0.1) is 0 Å². The van der Waals surface area contributed by atoms with Crippen LogP contribution in [0.3, 0.4) is 0 Å². The van der Waals surface area contributed by atoms with Crippen molar-refractivity contribution in [2.75, 3.05) is 12.3 Å². The van der Waals surface area contributed by atoms with Crippen LogP contribution < -0.4 is 10.5 Å². The highest BCUT2D eigenvalue weighted by Gasteiger charge is 2.08. The molecule has 0 saturated heterocycles. The van der Waals surface area contributed by atoms with Gasteiger partial charge >= 0.3 is 0 Å². The molecule has 0 bridgehead atoms. The van der Waals surface area contributed by atoms with E-state index in [0.717, 1.165) is 26.7 Å². The number of hydrogen-bond donors (Lipinski definition) is 1. The molecule has 0 spiro atoms. The van der Waals surface area contributed by atoms with Crippen LogP contribution in [0.4, 0.5) is 5.69 Å². The molecule has 0 aliphatic heterocycles. The summed E-state index contributed by atoms with van der Waals surface area (Å²) in [7, 11) is 0.